The summed E-state index contributed by atoms with van der Waals surface area (Å²) in [6.45, 7) is 1.12. The molecule has 0 aliphatic heterocycles. The highest BCUT2D eigenvalue weighted by Gasteiger charge is 2.19. The lowest BCUT2D eigenvalue weighted by Gasteiger charge is -2.22. The molecule has 6 nitrogen and oxygen atoms in total. The van der Waals surface area contributed by atoms with Crippen LogP contribution in [-0.4, -0.2) is 51.7 Å². The molecule has 0 saturated carbocycles. The van der Waals surface area contributed by atoms with Gasteiger partial charge in [0.15, 0.2) is 0 Å². The molecule has 0 aromatic heterocycles. The van der Waals surface area contributed by atoms with E-state index in [9.17, 15) is 13.2 Å². The predicted molar refractivity (Wildman–Crippen MR) is 78.6 cm³/mol. The Kier molecular flexibility index (Phi) is 6.63. The average molecular weight is 299 g/mol. The summed E-state index contributed by atoms with van der Waals surface area (Å²) in [6.07, 6.45) is 0.673. The molecule has 20 heavy (non-hydrogen) atoms. The van der Waals surface area contributed by atoms with Crippen molar-refractivity contribution in [2.75, 3.05) is 32.4 Å². The van der Waals surface area contributed by atoms with Crippen molar-refractivity contribution in [3.05, 3.63) is 35.9 Å². The zero-order valence-corrected chi connectivity index (χ0v) is 12.4. The van der Waals surface area contributed by atoms with Gasteiger partial charge >= 0.3 is 0 Å². The van der Waals surface area contributed by atoms with E-state index in [2.05, 4.69) is 4.72 Å². The highest BCUT2D eigenvalue weighted by molar-refractivity contribution is 7.90. The molecule has 0 atom stereocenters. The summed E-state index contributed by atoms with van der Waals surface area (Å²) >= 11 is 0. The van der Waals surface area contributed by atoms with Gasteiger partial charge in [0.1, 0.15) is 5.75 Å². The summed E-state index contributed by atoms with van der Waals surface area (Å²) in [6, 6.07) is 9.71. The number of nitrogens with two attached hydrogens (primary N) is 1. The number of carbonyl (C=O) groups excluding carboxylic acids is 1. The summed E-state index contributed by atoms with van der Waals surface area (Å²) in [5, 5.41) is 0. The minimum atomic E-state index is -3.55. The first-order chi connectivity index (χ1) is 9.48. The van der Waals surface area contributed by atoms with Crippen LogP contribution in [0.4, 0.5) is 0 Å². The summed E-state index contributed by atoms with van der Waals surface area (Å²) in [7, 11) is -2.26. The van der Waals surface area contributed by atoms with Gasteiger partial charge in [-0.1, -0.05) is 30.3 Å². The van der Waals surface area contributed by atoms with Crippen molar-refractivity contribution in [2.24, 2.45) is 5.73 Å². The highest BCUT2D eigenvalue weighted by atomic mass is 32.2. The molecule has 1 amide bonds. The standard InChI is InChI=1S/C13H21N3O3S/c1-15-20(18,19)11-13(17)16(10-8-14)9-7-12-5-3-2-4-6-12/h2-6,15H,7-11,14H2,1H3. The molecule has 0 unspecified atom stereocenters. The zero-order valence-electron chi connectivity index (χ0n) is 11.6. The van der Waals surface area contributed by atoms with Crippen LogP contribution in [0.25, 0.3) is 0 Å². The largest absolute Gasteiger partial charge is 0.340 e. The van der Waals surface area contributed by atoms with Gasteiger partial charge in [0.25, 0.3) is 0 Å². The van der Waals surface area contributed by atoms with E-state index in [1.165, 1.54) is 11.9 Å². The normalized spacial score (nSPS) is 11.3. The maximum atomic E-state index is 12.0. The molecule has 3 N–H and O–H groups in total. The molecule has 0 aliphatic rings. The van der Waals surface area contributed by atoms with Crippen molar-refractivity contribution in [1.82, 2.24) is 9.62 Å². The number of hydrogen-bond acceptors (Lipinski definition) is 4. The van der Waals surface area contributed by atoms with Crippen LogP contribution in [0.5, 0.6) is 0 Å². The molecule has 0 radical (unpaired) electrons. The molecular weight excluding hydrogens is 278 g/mol. The quantitative estimate of drug-likeness (QED) is 0.681. The van der Waals surface area contributed by atoms with E-state index in [-0.39, 0.29) is 0 Å². The molecular formula is C13H21N3O3S. The fourth-order valence-electron chi connectivity index (χ4n) is 1.75. The van der Waals surface area contributed by atoms with Gasteiger partial charge in [0.05, 0.1) is 0 Å². The Morgan fingerprint density at radius 3 is 2.45 bits per heavy atom. The third-order valence-electron chi connectivity index (χ3n) is 2.89. The third-order valence-corrected chi connectivity index (χ3v) is 4.14. The first-order valence-electron chi connectivity index (χ1n) is 6.41. The third kappa shape index (κ3) is 5.68. The first kappa shape index (κ1) is 16.6. The molecule has 0 spiro atoms. The maximum Gasteiger partial charge on any atom is 0.239 e. The highest BCUT2D eigenvalue weighted by Crippen LogP contribution is 2.02. The Morgan fingerprint density at radius 2 is 1.90 bits per heavy atom. The second-order valence-corrected chi connectivity index (χ2v) is 6.29. The van der Waals surface area contributed by atoms with Crippen LogP contribution < -0.4 is 10.5 Å². The lowest BCUT2D eigenvalue weighted by atomic mass is 10.1. The van der Waals surface area contributed by atoms with Crippen molar-refractivity contribution in [3.8, 4) is 0 Å². The van der Waals surface area contributed by atoms with Gasteiger partial charge in [-0.25, -0.2) is 13.1 Å². The molecule has 0 bridgehead atoms. The maximum absolute atomic E-state index is 12.0. The number of hydrogen-bond donors (Lipinski definition) is 2. The van der Waals surface area contributed by atoms with Crippen LogP contribution in [0.15, 0.2) is 30.3 Å². The minimum absolute atomic E-state index is 0.306. The van der Waals surface area contributed by atoms with Crippen molar-refractivity contribution in [2.45, 2.75) is 6.42 Å². The van der Waals surface area contributed by atoms with Crippen LogP contribution in [0.1, 0.15) is 5.56 Å². The monoisotopic (exact) mass is 299 g/mol. The Hall–Kier alpha value is -1.44. The summed E-state index contributed by atoms with van der Waals surface area (Å²) in [5.41, 5.74) is 6.57. The van der Waals surface area contributed by atoms with E-state index in [0.717, 1.165) is 5.56 Å². The SMILES string of the molecule is CNS(=O)(=O)CC(=O)N(CCN)CCc1ccccc1. The van der Waals surface area contributed by atoms with Gasteiger partial charge in [0, 0.05) is 19.6 Å². The number of nitrogens with zero attached hydrogens (tertiary/aromatic N) is 1. The Labute approximate surface area is 120 Å². The number of carbonyl (C=O) groups is 1. The number of rotatable bonds is 8. The molecule has 112 valence electrons. The van der Waals surface area contributed by atoms with Gasteiger partial charge in [-0.2, -0.15) is 0 Å². The number of benzene rings is 1. The Morgan fingerprint density at radius 1 is 1.25 bits per heavy atom. The average Bonchev–Trinajstić information content (AvgIpc) is 2.44. The van der Waals surface area contributed by atoms with Crippen LogP contribution in [0.2, 0.25) is 0 Å². The van der Waals surface area contributed by atoms with E-state index in [4.69, 9.17) is 5.73 Å². The van der Waals surface area contributed by atoms with Crippen LogP contribution >= 0.6 is 0 Å². The van der Waals surface area contributed by atoms with Gasteiger partial charge in [-0.15, -0.1) is 0 Å². The topological polar surface area (TPSA) is 92.5 Å². The van der Waals surface area contributed by atoms with E-state index in [1.807, 2.05) is 30.3 Å². The zero-order chi connectivity index (χ0) is 15.0. The Balaban J connectivity index is 2.62. The molecule has 7 heteroatoms. The molecule has 1 aromatic carbocycles. The fourth-order valence-corrected chi connectivity index (χ4v) is 2.40. The van der Waals surface area contributed by atoms with Gasteiger partial charge in [-0.05, 0) is 19.0 Å². The molecule has 0 fully saturated rings. The lowest BCUT2D eigenvalue weighted by Crippen LogP contribution is -2.42. The smallest absolute Gasteiger partial charge is 0.239 e. The Bertz CT molecular complexity index is 517. The van der Waals surface area contributed by atoms with Crippen molar-refractivity contribution in [3.63, 3.8) is 0 Å². The van der Waals surface area contributed by atoms with Crippen LogP contribution in [0.3, 0.4) is 0 Å². The molecule has 0 saturated heterocycles. The van der Waals surface area contributed by atoms with Crippen molar-refractivity contribution < 1.29 is 13.2 Å². The van der Waals surface area contributed by atoms with Crippen LogP contribution in [0, 0.1) is 0 Å². The lowest BCUT2D eigenvalue weighted by molar-refractivity contribution is -0.128. The first-order valence-corrected chi connectivity index (χ1v) is 8.06. The molecule has 1 rings (SSSR count). The summed E-state index contributed by atoms with van der Waals surface area (Å²) in [5.74, 6) is -0.973. The molecule has 1 aromatic rings. The van der Waals surface area contributed by atoms with Gasteiger partial charge in [-0.3, -0.25) is 4.79 Å². The second kappa shape index (κ2) is 7.98. The summed E-state index contributed by atoms with van der Waals surface area (Å²) in [4.78, 5) is 13.5. The van der Waals surface area contributed by atoms with E-state index >= 15 is 0 Å². The summed E-state index contributed by atoms with van der Waals surface area (Å²) < 4.78 is 24.9. The predicted octanol–water partition coefficient (Wildman–Crippen LogP) is -0.434. The van der Waals surface area contributed by atoms with E-state index in [0.29, 0.717) is 26.1 Å². The molecule has 0 aliphatic carbocycles. The fraction of sp³-hybridized carbons (Fsp3) is 0.462. The van der Waals surface area contributed by atoms with E-state index in [1.54, 1.807) is 0 Å². The number of amides is 1. The number of sulfonamides is 1. The van der Waals surface area contributed by atoms with Gasteiger partial charge in [0.2, 0.25) is 15.9 Å². The van der Waals surface area contributed by atoms with E-state index < -0.39 is 21.7 Å². The van der Waals surface area contributed by atoms with Crippen LogP contribution in [-0.2, 0) is 21.2 Å². The van der Waals surface area contributed by atoms with Crippen molar-refractivity contribution in [1.29, 1.82) is 0 Å². The minimum Gasteiger partial charge on any atom is -0.340 e. The van der Waals surface area contributed by atoms with Crippen molar-refractivity contribution >= 4 is 15.9 Å². The second-order valence-electron chi connectivity index (χ2n) is 4.37. The number of nitrogens with one attached hydrogen (secondary N) is 1. The van der Waals surface area contributed by atoms with Gasteiger partial charge < -0.3 is 10.6 Å². The molecule has 0 heterocycles.